The van der Waals surface area contributed by atoms with Gasteiger partial charge in [-0.1, -0.05) is 5.16 Å². The third-order valence-electron chi connectivity index (χ3n) is 3.65. The van der Waals surface area contributed by atoms with Crippen molar-refractivity contribution in [2.45, 2.75) is 39.7 Å². The Hall–Kier alpha value is -1.36. The first kappa shape index (κ1) is 13.1. The summed E-state index contributed by atoms with van der Waals surface area (Å²) in [4.78, 5) is 14.3. The Kier molecular flexibility index (Phi) is 4.01. The molecule has 2 heterocycles. The Morgan fingerprint density at radius 1 is 1.56 bits per heavy atom. The Labute approximate surface area is 108 Å². The van der Waals surface area contributed by atoms with Crippen LogP contribution in [0.5, 0.6) is 0 Å². The SMILES string of the molecule is CCN(C(=O)Cc1c(C)noc1C)C1CCNC1. The molecule has 18 heavy (non-hydrogen) atoms. The molecule has 1 atom stereocenters. The van der Waals surface area contributed by atoms with Gasteiger partial charge in [0.25, 0.3) is 0 Å². The molecular weight excluding hydrogens is 230 g/mol. The number of carbonyl (C=O) groups is 1. The highest BCUT2D eigenvalue weighted by Gasteiger charge is 2.26. The molecule has 0 aliphatic carbocycles. The first-order valence-electron chi connectivity index (χ1n) is 6.55. The molecule has 0 bridgehead atoms. The lowest BCUT2D eigenvalue weighted by Crippen LogP contribution is -2.42. The zero-order chi connectivity index (χ0) is 13.1. The minimum atomic E-state index is 0.167. The van der Waals surface area contributed by atoms with Crippen LogP contribution in [-0.2, 0) is 11.2 Å². The van der Waals surface area contributed by atoms with Crippen LogP contribution >= 0.6 is 0 Å². The molecule has 1 saturated heterocycles. The van der Waals surface area contributed by atoms with E-state index in [-0.39, 0.29) is 5.91 Å². The van der Waals surface area contributed by atoms with Gasteiger partial charge in [0.15, 0.2) is 0 Å². The summed E-state index contributed by atoms with van der Waals surface area (Å²) in [5.74, 6) is 0.919. The second-order valence-electron chi connectivity index (χ2n) is 4.81. The van der Waals surface area contributed by atoms with Gasteiger partial charge in [-0.25, -0.2) is 0 Å². The topological polar surface area (TPSA) is 58.4 Å². The molecule has 100 valence electrons. The number of aromatic nitrogens is 1. The van der Waals surface area contributed by atoms with E-state index >= 15 is 0 Å². The molecule has 0 spiro atoms. The van der Waals surface area contributed by atoms with Crippen molar-refractivity contribution in [2.75, 3.05) is 19.6 Å². The third kappa shape index (κ3) is 2.56. The van der Waals surface area contributed by atoms with Crippen molar-refractivity contribution in [3.05, 3.63) is 17.0 Å². The van der Waals surface area contributed by atoms with Crippen LogP contribution in [-0.4, -0.2) is 41.6 Å². The van der Waals surface area contributed by atoms with Crippen LogP contribution in [0.25, 0.3) is 0 Å². The number of nitrogens with zero attached hydrogens (tertiary/aromatic N) is 2. The van der Waals surface area contributed by atoms with Crippen LogP contribution in [0.15, 0.2) is 4.52 Å². The van der Waals surface area contributed by atoms with Gasteiger partial charge in [0.2, 0.25) is 5.91 Å². The molecule has 1 aliphatic heterocycles. The summed E-state index contributed by atoms with van der Waals surface area (Å²) in [7, 11) is 0. The number of carbonyl (C=O) groups excluding carboxylic acids is 1. The zero-order valence-corrected chi connectivity index (χ0v) is 11.3. The largest absolute Gasteiger partial charge is 0.361 e. The molecular formula is C13H21N3O2. The van der Waals surface area contributed by atoms with Gasteiger partial charge in [0.1, 0.15) is 5.76 Å². The molecule has 2 rings (SSSR count). The van der Waals surface area contributed by atoms with E-state index in [0.717, 1.165) is 43.1 Å². The van der Waals surface area contributed by atoms with E-state index in [1.807, 2.05) is 25.7 Å². The van der Waals surface area contributed by atoms with Gasteiger partial charge in [-0.05, 0) is 33.7 Å². The van der Waals surface area contributed by atoms with Gasteiger partial charge >= 0.3 is 0 Å². The molecule has 0 radical (unpaired) electrons. The lowest BCUT2D eigenvalue weighted by atomic mass is 10.1. The lowest BCUT2D eigenvalue weighted by Gasteiger charge is -2.27. The van der Waals surface area contributed by atoms with Crippen molar-refractivity contribution in [3.63, 3.8) is 0 Å². The Balaban J connectivity index is 2.06. The Bertz CT molecular complexity index is 402. The van der Waals surface area contributed by atoms with E-state index in [9.17, 15) is 4.79 Å². The summed E-state index contributed by atoms with van der Waals surface area (Å²) >= 11 is 0. The highest BCUT2D eigenvalue weighted by Crippen LogP contribution is 2.16. The molecule has 0 saturated carbocycles. The van der Waals surface area contributed by atoms with Crippen LogP contribution in [0.2, 0.25) is 0 Å². The molecule has 5 heteroatoms. The molecule has 1 unspecified atom stereocenters. The minimum Gasteiger partial charge on any atom is -0.361 e. The number of amides is 1. The van der Waals surface area contributed by atoms with Crippen molar-refractivity contribution >= 4 is 5.91 Å². The van der Waals surface area contributed by atoms with Crippen LogP contribution in [0.1, 0.15) is 30.4 Å². The smallest absolute Gasteiger partial charge is 0.227 e. The maximum Gasteiger partial charge on any atom is 0.227 e. The summed E-state index contributed by atoms with van der Waals surface area (Å²) in [5, 5.41) is 7.19. The first-order chi connectivity index (χ1) is 8.63. The first-order valence-corrected chi connectivity index (χ1v) is 6.55. The zero-order valence-electron chi connectivity index (χ0n) is 11.3. The molecule has 5 nitrogen and oxygen atoms in total. The Morgan fingerprint density at radius 2 is 2.33 bits per heavy atom. The molecule has 1 amide bonds. The fraction of sp³-hybridized carbons (Fsp3) is 0.692. The normalized spacial score (nSPS) is 19.2. The standard InChI is InChI=1S/C13H21N3O2/c1-4-16(11-5-6-14-8-11)13(17)7-12-9(2)15-18-10(12)3/h11,14H,4-8H2,1-3H3. The molecule has 1 aromatic rings. The monoisotopic (exact) mass is 251 g/mol. The summed E-state index contributed by atoms with van der Waals surface area (Å²) in [6.45, 7) is 8.43. The predicted octanol–water partition coefficient (Wildman–Crippen LogP) is 1.04. The third-order valence-corrected chi connectivity index (χ3v) is 3.65. The van der Waals surface area contributed by atoms with Crippen molar-refractivity contribution < 1.29 is 9.32 Å². The van der Waals surface area contributed by atoms with Gasteiger partial charge in [-0.15, -0.1) is 0 Å². The number of aryl methyl sites for hydroxylation is 2. The highest BCUT2D eigenvalue weighted by molar-refractivity contribution is 5.79. The average molecular weight is 251 g/mol. The van der Waals surface area contributed by atoms with Crippen molar-refractivity contribution in [1.82, 2.24) is 15.4 Å². The maximum absolute atomic E-state index is 12.4. The van der Waals surface area contributed by atoms with Crippen LogP contribution in [0.4, 0.5) is 0 Å². The van der Waals surface area contributed by atoms with E-state index in [2.05, 4.69) is 10.5 Å². The van der Waals surface area contributed by atoms with Crippen molar-refractivity contribution in [1.29, 1.82) is 0 Å². The summed E-state index contributed by atoms with van der Waals surface area (Å²) in [5.41, 5.74) is 1.76. The quantitative estimate of drug-likeness (QED) is 0.869. The Morgan fingerprint density at radius 3 is 2.83 bits per heavy atom. The van der Waals surface area contributed by atoms with E-state index < -0.39 is 0 Å². The number of rotatable bonds is 4. The van der Waals surface area contributed by atoms with Crippen molar-refractivity contribution in [3.8, 4) is 0 Å². The molecule has 1 N–H and O–H groups in total. The average Bonchev–Trinajstić information content (AvgIpc) is 2.96. The maximum atomic E-state index is 12.4. The summed E-state index contributed by atoms with van der Waals surface area (Å²) in [6.07, 6.45) is 1.44. The second-order valence-corrected chi connectivity index (χ2v) is 4.81. The number of hydrogen-bond donors (Lipinski definition) is 1. The molecule has 1 aromatic heterocycles. The minimum absolute atomic E-state index is 0.167. The van der Waals surface area contributed by atoms with Gasteiger partial charge < -0.3 is 14.7 Å². The van der Waals surface area contributed by atoms with Crippen LogP contribution in [0.3, 0.4) is 0 Å². The fourth-order valence-corrected chi connectivity index (χ4v) is 2.55. The summed E-state index contributed by atoms with van der Waals surface area (Å²) < 4.78 is 5.10. The van der Waals surface area contributed by atoms with Crippen molar-refractivity contribution in [2.24, 2.45) is 0 Å². The molecule has 1 fully saturated rings. The fourth-order valence-electron chi connectivity index (χ4n) is 2.55. The summed E-state index contributed by atoms with van der Waals surface area (Å²) in [6, 6.07) is 0.336. The van der Waals surface area contributed by atoms with Crippen LogP contribution in [0, 0.1) is 13.8 Å². The number of nitrogens with one attached hydrogen (secondary N) is 1. The van der Waals surface area contributed by atoms with Crippen LogP contribution < -0.4 is 5.32 Å². The number of likely N-dealkylation sites (N-methyl/N-ethyl adjacent to an activating group) is 1. The molecule has 1 aliphatic rings. The van der Waals surface area contributed by atoms with E-state index in [1.165, 1.54) is 0 Å². The highest BCUT2D eigenvalue weighted by atomic mass is 16.5. The van der Waals surface area contributed by atoms with Gasteiger partial charge in [-0.2, -0.15) is 0 Å². The van der Waals surface area contributed by atoms with E-state index in [0.29, 0.717) is 12.5 Å². The van der Waals surface area contributed by atoms with E-state index in [4.69, 9.17) is 4.52 Å². The second kappa shape index (κ2) is 5.52. The lowest BCUT2D eigenvalue weighted by molar-refractivity contribution is -0.132. The van der Waals surface area contributed by atoms with Gasteiger partial charge in [-0.3, -0.25) is 4.79 Å². The van der Waals surface area contributed by atoms with Gasteiger partial charge in [0.05, 0.1) is 12.1 Å². The predicted molar refractivity (Wildman–Crippen MR) is 68.3 cm³/mol. The molecule has 0 aromatic carbocycles. The van der Waals surface area contributed by atoms with Gasteiger partial charge in [0, 0.05) is 24.7 Å². The van der Waals surface area contributed by atoms with E-state index in [1.54, 1.807) is 0 Å². The number of hydrogen-bond acceptors (Lipinski definition) is 4.